The molecular formula is C31H29BrF6N6. The van der Waals surface area contributed by atoms with Gasteiger partial charge in [0.25, 0.3) is 0 Å². The smallest absolute Gasteiger partial charge is 0.356 e. The summed E-state index contributed by atoms with van der Waals surface area (Å²) in [4.78, 5) is 21.5. The first-order valence-electron chi connectivity index (χ1n) is 14.4. The second-order valence-corrected chi connectivity index (χ2v) is 12.4. The summed E-state index contributed by atoms with van der Waals surface area (Å²) in [5.74, 6) is 2.00. The summed E-state index contributed by atoms with van der Waals surface area (Å²) in [7, 11) is 0. The minimum atomic E-state index is -4.96. The summed E-state index contributed by atoms with van der Waals surface area (Å²) in [5, 5.41) is 0.886. The van der Waals surface area contributed by atoms with Crippen LogP contribution in [-0.2, 0) is 25.4 Å². The Bertz CT molecular complexity index is 1620. The zero-order valence-corrected chi connectivity index (χ0v) is 25.3. The van der Waals surface area contributed by atoms with E-state index < -0.39 is 23.5 Å². The van der Waals surface area contributed by atoms with Crippen LogP contribution in [0.25, 0.3) is 10.9 Å². The van der Waals surface area contributed by atoms with Crippen LogP contribution in [0, 0.1) is 18.8 Å². The second kappa shape index (κ2) is 11.8. The van der Waals surface area contributed by atoms with E-state index in [1.807, 2.05) is 31.2 Å². The van der Waals surface area contributed by atoms with Crippen LogP contribution in [0.15, 0.2) is 53.5 Å². The van der Waals surface area contributed by atoms with E-state index in [0.717, 1.165) is 78.8 Å². The van der Waals surface area contributed by atoms with Crippen LogP contribution in [0.5, 0.6) is 0 Å². The number of aromatic nitrogens is 4. The predicted octanol–water partition coefficient (Wildman–Crippen LogP) is 8.36. The molecule has 6 nitrogen and oxygen atoms in total. The standard InChI is InChI=1S/C31H29BrF6N6/c1-18-3-2-4-22-11-23(27(41-26(18)22)43(13-19-5-6-19)14-20-7-8-20)16-44(29-40-17-39-28(32)42-29)15-21-9-24(30(33,34)35)12-25(10-21)31(36,37)38/h2-4,9-12,17,19-20H,5-8,13-16H2,1H3. The molecule has 0 amide bonds. The average molecular weight is 680 g/mol. The summed E-state index contributed by atoms with van der Waals surface area (Å²) in [6, 6.07) is 9.49. The number of pyridine rings is 1. The molecule has 0 N–H and O–H groups in total. The lowest BCUT2D eigenvalue weighted by Crippen LogP contribution is -2.32. The molecule has 2 saturated carbocycles. The zero-order chi connectivity index (χ0) is 31.2. The van der Waals surface area contributed by atoms with Gasteiger partial charge in [0.15, 0.2) is 0 Å². The van der Waals surface area contributed by atoms with Crippen LogP contribution in [0.2, 0.25) is 0 Å². The van der Waals surface area contributed by atoms with E-state index in [4.69, 9.17) is 4.98 Å². The van der Waals surface area contributed by atoms with Gasteiger partial charge in [0.05, 0.1) is 16.6 Å². The fraction of sp³-hybridized carbons (Fsp3) is 0.419. The zero-order valence-electron chi connectivity index (χ0n) is 23.8. The van der Waals surface area contributed by atoms with Crippen molar-refractivity contribution in [3.8, 4) is 0 Å². The Morgan fingerprint density at radius 1 is 0.795 bits per heavy atom. The normalized spacial score (nSPS) is 15.5. The molecule has 6 rings (SSSR count). The highest BCUT2D eigenvalue weighted by Gasteiger charge is 2.37. The minimum absolute atomic E-state index is 0.0894. The molecule has 2 aliphatic carbocycles. The number of halogens is 7. The van der Waals surface area contributed by atoms with Crippen LogP contribution in [0.3, 0.4) is 0 Å². The fourth-order valence-corrected chi connectivity index (χ4v) is 5.65. The molecule has 0 aliphatic heterocycles. The van der Waals surface area contributed by atoms with Crippen LogP contribution in [-0.4, -0.2) is 33.0 Å². The summed E-state index contributed by atoms with van der Waals surface area (Å²) in [6.45, 7) is 3.44. The number of nitrogens with zero attached hydrogens (tertiary/aromatic N) is 6. The van der Waals surface area contributed by atoms with Crippen molar-refractivity contribution in [1.82, 2.24) is 19.9 Å². The number of benzene rings is 2. The highest BCUT2D eigenvalue weighted by molar-refractivity contribution is 9.10. The number of alkyl halides is 6. The van der Waals surface area contributed by atoms with Crippen LogP contribution < -0.4 is 9.80 Å². The Balaban J connectivity index is 1.45. The molecule has 0 atom stereocenters. The van der Waals surface area contributed by atoms with Gasteiger partial charge in [0.2, 0.25) is 10.7 Å². The molecule has 2 fully saturated rings. The average Bonchev–Trinajstić information content (AvgIpc) is 3.89. The number of hydrogen-bond acceptors (Lipinski definition) is 6. The monoisotopic (exact) mass is 678 g/mol. The van der Waals surface area contributed by atoms with Crippen molar-refractivity contribution in [3.05, 3.63) is 81.3 Å². The molecule has 13 heteroatoms. The maximum absolute atomic E-state index is 13.7. The van der Waals surface area contributed by atoms with Crippen molar-refractivity contribution in [3.63, 3.8) is 0 Å². The van der Waals surface area contributed by atoms with Gasteiger partial charge in [-0.15, -0.1) is 0 Å². The molecule has 0 saturated heterocycles. The van der Waals surface area contributed by atoms with Crippen LogP contribution >= 0.6 is 15.9 Å². The number of para-hydroxylation sites is 1. The predicted molar refractivity (Wildman–Crippen MR) is 158 cm³/mol. The SMILES string of the molecule is Cc1cccc2cc(CN(Cc3cc(C(F)(F)F)cc(C(F)(F)F)c3)c3ncnc(Br)n3)c(N(CC3CC3)CC3CC3)nc12. The molecule has 2 heterocycles. The molecule has 2 aliphatic rings. The van der Waals surface area contributed by atoms with Gasteiger partial charge in [-0.25, -0.2) is 15.0 Å². The first-order chi connectivity index (χ1) is 20.8. The van der Waals surface area contributed by atoms with Crippen molar-refractivity contribution in [2.45, 2.75) is 58.0 Å². The Kier molecular flexibility index (Phi) is 8.18. The van der Waals surface area contributed by atoms with E-state index in [9.17, 15) is 26.3 Å². The third kappa shape index (κ3) is 7.24. The van der Waals surface area contributed by atoms with Crippen molar-refractivity contribution >= 4 is 38.6 Å². The molecule has 2 aromatic heterocycles. The molecular weight excluding hydrogens is 650 g/mol. The third-order valence-electron chi connectivity index (χ3n) is 7.95. The van der Waals surface area contributed by atoms with Crippen LogP contribution in [0.4, 0.5) is 38.1 Å². The van der Waals surface area contributed by atoms with E-state index in [-0.39, 0.29) is 35.4 Å². The molecule has 4 aromatic rings. The second-order valence-electron chi connectivity index (χ2n) is 11.7. The maximum Gasteiger partial charge on any atom is 0.416 e. The lowest BCUT2D eigenvalue weighted by atomic mass is 10.0. The van der Waals surface area contributed by atoms with E-state index in [0.29, 0.717) is 11.8 Å². The van der Waals surface area contributed by atoms with Gasteiger partial charge >= 0.3 is 12.4 Å². The van der Waals surface area contributed by atoms with E-state index in [2.05, 4.69) is 35.8 Å². The van der Waals surface area contributed by atoms with Crippen LogP contribution in [0.1, 0.15) is 53.5 Å². The molecule has 0 spiro atoms. The Morgan fingerprint density at radius 2 is 1.43 bits per heavy atom. The number of aryl methyl sites for hydroxylation is 1. The van der Waals surface area contributed by atoms with Gasteiger partial charge in [0, 0.05) is 37.1 Å². The Morgan fingerprint density at radius 3 is 2.00 bits per heavy atom. The first kappa shape index (κ1) is 30.5. The van der Waals surface area contributed by atoms with E-state index >= 15 is 0 Å². The summed E-state index contributed by atoms with van der Waals surface area (Å²) in [5.41, 5.74) is -0.281. The van der Waals surface area contributed by atoms with Crippen molar-refractivity contribution in [1.29, 1.82) is 0 Å². The summed E-state index contributed by atoms with van der Waals surface area (Å²) in [6.07, 6.45) is -4.11. The Hall–Kier alpha value is -3.48. The van der Waals surface area contributed by atoms with Gasteiger partial charge in [-0.05, 0) is 95.8 Å². The van der Waals surface area contributed by atoms with Gasteiger partial charge in [-0.3, -0.25) is 0 Å². The topological polar surface area (TPSA) is 58.0 Å². The summed E-state index contributed by atoms with van der Waals surface area (Å²) >= 11 is 3.22. The van der Waals surface area contributed by atoms with Gasteiger partial charge in [0.1, 0.15) is 12.1 Å². The minimum Gasteiger partial charge on any atom is -0.356 e. The quantitative estimate of drug-likeness (QED) is 0.157. The summed E-state index contributed by atoms with van der Waals surface area (Å²) < 4.78 is 82.4. The number of rotatable bonds is 10. The van der Waals surface area contributed by atoms with Gasteiger partial charge < -0.3 is 9.80 Å². The maximum atomic E-state index is 13.7. The molecule has 232 valence electrons. The lowest BCUT2D eigenvalue weighted by Gasteiger charge is -2.30. The molecule has 0 bridgehead atoms. The molecule has 0 radical (unpaired) electrons. The molecule has 44 heavy (non-hydrogen) atoms. The highest BCUT2D eigenvalue weighted by Crippen LogP contribution is 2.39. The van der Waals surface area contributed by atoms with Crippen molar-refractivity contribution in [2.24, 2.45) is 11.8 Å². The number of fused-ring (bicyclic) bond motifs is 1. The molecule has 2 aromatic carbocycles. The number of hydrogen-bond donors (Lipinski definition) is 0. The third-order valence-corrected chi connectivity index (χ3v) is 8.33. The van der Waals surface area contributed by atoms with Crippen molar-refractivity contribution < 1.29 is 26.3 Å². The van der Waals surface area contributed by atoms with E-state index in [1.54, 1.807) is 4.90 Å². The largest absolute Gasteiger partial charge is 0.416 e. The lowest BCUT2D eigenvalue weighted by molar-refractivity contribution is -0.143. The molecule has 0 unspecified atom stereocenters. The van der Waals surface area contributed by atoms with Gasteiger partial charge in [-0.2, -0.15) is 31.3 Å². The fourth-order valence-electron chi connectivity index (χ4n) is 5.40. The first-order valence-corrected chi connectivity index (χ1v) is 15.1. The van der Waals surface area contributed by atoms with E-state index in [1.165, 1.54) is 6.33 Å². The van der Waals surface area contributed by atoms with Gasteiger partial charge in [-0.1, -0.05) is 18.2 Å². The Labute approximate surface area is 258 Å². The highest BCUT2D eigenvalue weighted by atomic mass is 79.9. The number of anilines is 2. The van der Waals surface area contributed by atoms with Crippen molar-refractivity contribution in [2.75, 3.05) is 22.9 Å².